The van der Waals surface area contributed by atoms with Crippen LogP contribution in [0.25, 0.3) is 0 Å². The fourth-order valence-corrected chi connectivity index (χ4v) is 1.70. The maximum atomic E-state index is 12.3. The Kier molecular flexibility index (Phi) is 3.00. The molecule has 0 heterocycles. The lowest BCUT2D eigenvalue weighted by molar-refractivity contribution is -0.137. The summed E-state index contributed by atoms with van der Waals surface area (Å²) in [6.45, 7) is 0. The van der Waals surface area contributed by atoms with Gasteiger partial charge in [0.25, 0.3) is 0 Å². The molecule has 0 bridgehead atoms. The number of carbonyl (C=O) groups is 2. The first-order valence-electron chi connectivity index (χ1n) is 5.54. The minimum atomic E-state index is -4.42. The predicted molar refractivity (Wildman–Crippen MR) is 60.9 cm³/mol. The third-order valence-electron chi connectivity index (χ3n) is 3.13. The van der Waals surface area contributed by atoms with Crippen molar-refractivity contribution in [3.63, 3.8) is 0 Å². The molecule has 7 heteroatoms. The minimum absolute atomic E-state index is 0.200. The first-order valence-corrected chi connectivity index (χ1v) is 5.54. The average Bonchev–Trinajstić information content (AvgIpc) is 3.09. The van der Waals surface area contributed by atoms with Crippen molar-refractivity contribution in [3.05, 3.63) is 29.8 Å². The maximum Gasteiger partial charge on any atom is 0.416 e. The zero-order valence-electron chi connectivity index (χ0n) is 9.75. The summed E-state index contributed by atoms with van der Waals surface area (Å²) in [4.78, 5) is 22.9. The lowest BCUT2D eigenvalue weighted by atomic mass is 10.1. The highest BCUT2D eigenvalue weighted by molar-refractivity contribution is 6.12. The van der Waals surface area contributed by atoms with Gasteiger partial charge in [-0.3, -0.25) is 9.59 Å². The Morgan fingerprint density at radius 3 is 2.05 bits per heavy atom. The highest BCUT2D eigenvalue weighted by atomic mass is 19.4. The number of hydrogen-bond donors (Lipinski definition) is 2. The highest BCUT2D eigenvalue weighted by Gasteiger charge is 2.55. The number of nitrogens with one attached hydrogen (secondary N) is 1. The zero-order chi connectivity index (χ0) is 14.3. The van der Waals surface area contributed by atoms with Crippen molar-refractivity contribution in [3.8, 4) is 0 Å². The molecule has 1 aromatic rings. The van der Waals surface area contributed by atoms with Gasteiger partial charge < -0.3 is 11.1 Å². The number of benzene rings is 1. The molecule has 2 rings (SSSR count). The van der Waals surface area contributed by atoms with E-state index in [1.165, 1.54) is 0 Å². The Balaban J connectivity index is 2.09. The van der Waals surface area contributed by atoms with Crippen LogP contribution in [0.15, 0.2) is 24.3 Å². The Labute approximate surface area is 106 Å². The first kappa shape index (κ1) is 13.4. The van der Waals surface area contributed by atoms with Crippen molar-refractivity contribution in [2.24, 2.45) is 11.1 Å². The molecule has 0 unspecified atom stereocenters. The third kappa shape index (κ3) is 2.54. The molecule has 2 amide bonds. The second-order valence-corrected chi connectivity index (χ2v) is 4.48. The number of nitrogens with two attached hydrogens (primary N) is 1. The van der Waals surface area contributed by atoms with Crippen molar-refractivity contribution in [2.75, 3.05) is 5.32 Å². The molecular weight excluding hydrogens is 261 g/mol. The number of halogens is 3. The lowest BCUT2D eigenvalue weighted by Gasteiger charge is -2.12. The monoisotopic (exact) mass is 272 g/mol. The Morgan fingerprint density at radius 2 is 1.68 bits per heavy atom. The van der Waals surface area contributed by atoms with Crippen LogP contribution in [0, 0.1) is 5.41 Å². The van der Waals surface area contributed by atoms with Gasteiger partial charge in [-0.25, -0.2) is 0 Å². The van der Waals surface area contributed by atoms with Gasteiger partial charge >= 0.3 is 6.18 Å². The van der Waals surface area contributed by atoms with E-state index in [0.29, 0.717) is 12.8 Å². The van der Waals surface area contributed by atoms with E-state index in [9.17, 15) is 22.8 Å². The maximum absolute atomic E-state index is 12.3. The molecule has 0 spiro atoms. The number of alkyl halides is 3. The van der Waals surface area contributed by atoms with Gasteiger partial charge in [-0.2, -0.15) is 13.2 Å². The van der Waals surface area contributed by atoms with Crippen molar-refractivity contribution in [2.45, 2.75) is 19.0 Å². The molecule has 19 heavy (non-hydrogen) atoms. The normalized spacial score (nSPS) is 16.8. The Bertz CT molecular complexity index is 519. The fraction of sp³-hybridized carbons (Fsp3) is 0.333. The molecule has 4 nitrogen and oxygen atoms in total. The number of rotatable bonds is 3. The van der Waals surface area contributed by atoms with Crippen LogP contribution in [0.5, 0.6) is 0 Å². The van der Waals surface area contributed by atoms with E-state index >= 15 is 0 Å². The van der Waals surface area contributed by atoms with Crippen LogP contribution in [-0.2, 0) is 15.8 Å². The van der Waals surface area contributed by atoms with Crippen LogP contribution in [0.1, 0.15) is 18.4 Å². The van der Waals surface area contributed by atoms with Crippen LogP contribution in [0.2, 0.25) is 0 Å². The van der Waals surface area contributed by atoms with Gasteiger partial charge in [0.05, 0.1) is 5.56 Å². The van der Waals surface area contributed by atoms with Crippen LogP contribution >= 0.6 is 0 Å². The Morgan fingerprint density at radius 1 is 1.16 bits per heavy atom. The molecule has 0 aliphatic heterocycles. The summed E-state index contributed by atoms with van der Waals surface area (Å²) in [7, 11) is 0. The first-order chi connectivity index (χ1) is 8.75. The highest BCUT2D eigenvalue weighted by Crippen LogP contribution is 2.46. The fourth-order valence-electron chi connectivity index (χ4n) is 1.70. The number of hydrogen-bond acceptors (Lipinski definition) is 2. The summed E-state index contributed by atoms with van der Waals surface area (Å²) < 4.78 is 37.0. The smallest absolute Gasteiger partial charge is 0.369 e. The van der Waals surface area contributed by atoms with E-state index in [2.05, 4.69) is 5.32 Å². The molecule has 0 saturated heterocycles. The molecule has 1 fully saturated rings. The second kappa shape index (κ2) is 4.25. The van der Waals surface area contributed by atoms with Crippen molar-refractivity contribution in [1.29, 1.82) is 0 Å². The second-order valence-electron chi connectivity index (χ2n) is 4.48. The molecule has 0 aromatic heterocycles. The summed E-state index contributed by atoms with van der Waals surface area (Å²) in [5.74, 6) is -1.28. The quantitative estimate of drug-likeness (QED) is 0.825. The van der Waals surface area contributed by atoms with Gasteiger partial charge in [-0.15, -0.1) is 0 Å². The molecular formula is C12H11F3N2O2. The SMILES string of the molecule is NC(=O)C1(C(=O)Nc2ccc(C(F)(F)F)cc2)CC1. The molecule has 1 aliphatic rings. The number of primary amides is 1. The van der Waals surface area contributed by atoms with Gasteiger partial charge in [-0.1, -0.05) is 0 Å². The number of carbonyl (C=O) groups excluding carboxylic acids is 2. The van der Waals surface area contributed by atoms with E-state index in [-0.39, 0.29) is 5.69 Å². The summed E-state index contributed by atoms with van der Waals surface area (Å²) in [6.07, 6.45) is -3.68. The van der Waals surface area contributed by atoms with Crippen molar-refractivity contribution in [1.82, 2.24) is 0 Å². The number of amides is 2. The molecule has 3 N–H and O–H groups in total. The van der Waals surface area contributed by atoms with E-state index in [0.717, 1.165) is 24.3 Å². The molecule has 102 valence electrons. The van der Waals surface area contributed by atoms with Gasteiger partial charge in [0, 0.05) is 5.69 Å². The predicted octanol–water partition coefficient (Wildman–Crippen LogP) is 1.91. The van der Waals surface area contributed by atoms with Gasteiger partial charge in [0.2, 0.25) is 11.8 Å². The minimum Gasteiger partial charge on any atom is -0.369 e. The molecule has 1 aromatic carbocycles. The van der Waals surface area contributed by atoms with E-state index in [4.69, 9.17) is 5.73 Å². The standard InChI is InChI=1S/C12H11F3N2O2/c13-12(14,15)7-1-3-8(4-2-7)17-10(19)11(5-6-11)9(16)18/h1-4H,5-6H2,(H2,16,18)(H,17,19). The molecule has 1 aliphatic carbocycles. The number of anilines is 1. The topological polar surface area (TPSA) is 72.2 Å². The van der Waals surface area contributed by atoms with E-state index in [1.807, 2.05) is 0 Å². The Hall–Kier alpha value is -2.05. The average molecular weight is 272 g/mol. The summed E-state index contributed by atoms with van der Waals surface area (Å²) >= 11 is 0. The zero-order valence-corrected chi connectivity index (χ0v) is 9.75. The molecule has 1 saturated carbocycles. The molecule has 0 radical (unpaired) electrons. The van der Waals surface area contributed by atoms with Crippen LogP contribution in [0.3, 0.4) is 0 Å². The third-order valence-corrected chi connectivity index (χ3v) is 3.13. The van der Waals surface area contributed by atoms with Gasteiger partial charge in [-0.05, 0) is 37.1 Å². The van der Waals surface area contributed by atoms with Gasteiger partial charge in [0.15, 0.2) is 0 Å². The van der Waals surface area contributed by atoms with Crippen molar-refractivity contribution < 1.29 is 22.8 Å². The van der Waals surface area contributed by atoms with Crippen LogP contribution in [0.4, 0.5) is 18.9 Å². The summed E-state index contributed by atoms with van der Waals surface area (Å²) in [5.41, 5.74) is 3.32. The summed E-state index contributed by atoms with van der Waals surface area (Å²) in [6, 6.07) is 3.99. The largest absolute Gasteiger partial charge is 0.416 e. The van der Waals surface area contributed by atoms with E-state index in [1.54, 1.807) is 0 Å². The van der Waals surface area contributed by atoms with E-state index < -0.39 is 29.0 Å². The van der Waals surface area contributed by atoms with Crippen molar-refractivity contribution >= 4 is 17.5 Å². The van der Waals surface area contributed by atoms with Crippen LogP contribution < -0.4 is 11.1 Å². The lowest BCUT2D eigenvalue weighted by Crippen LogP contribution is -2.36. The van der Waals surface area contributed by atoms with Gasteiger partial charge in [0.1, 0.15) is 5.41 Å². The molecule has 0 atom stereocenters. The summed E-state index contributed by atoms with van der Waals surface area (Å²) in [5, 5.41) is 2.40. The van der Waals surface area contributed by atoms with Crippen LogP contribution in [-0.4, -0.2) is 11.8 Å².